The molecule has 0 aliphatic rings. The molecule has 0 radical (unpaired) electrons. The Morgan fingerprint density at radius 1 is 1.00 bits per heavy atom. The van der Waals surface area contributed by atoms with Crippen molar-refractivity contribution >= 4 is 0 Å². The van der Waals surface area contributed by atoms with E-state index in [0.29, 0.717) is 0 Å². The maximum Gasteiger partial charge on any atom is 0.118 e. The minimum absolute atomic E-state index is 0.847. The fraction of sp³-hybridized carbons (Fsp3) is 0.500. The molecule has 0 amide bonds. The standard InChI is InChI=1S/C2H4F2.C2H4/c3-1-2-4;1-2/h1-2H2;1-2H2. The predicted octanol–water partition coefficient (Wildman–Crippen LogP) is 1.73. The van der Waals surface area contributed by atoms with E-state index in [4.69, 9.17) is 0 Å². The lowest BCUT2D eigenvalue weighted by molar-refractivity contribution is 0.380. The largest absolute Gasteiger partial charge is 0.248 e. The monoisotopic (exact) mass is 94.1 g/mol. The van der Waals surface area contributed by atoms with Gasteiger partial charge in [-0.05, 0) is 0 Å². The lowest BCUT2D eigenvalue weighted by Crippen LogP contribution is -1.68. The van der Waals surface area contributed by atoms with Crippen LogP contribution in [0.2, 0.25) is 0 Å². The average Bonchev–Trinajstić information content (AvgIpc) is 1.72. The second-order valence-corrected chi connectivity index (χ2v) is 0.378. The van der Waals surface area contributed by atoms with Gasteiger partial charge in [0.1, 0.15) is 13.3 Å². The fourth-order valence-electron chi connectivity index (χ4n) is 0. The van der Waals surface area contributed by atoms with Crippen molar-refractivity contribution in [3.63, 3.8) is 0 Å². The highest BCUT2D eigenvalue weighted by molar-refractivity contribution is 4.22. The van der Waals surface area contributed by atoms with E-state index in [9.17, 15) is 8.78 Å². The van der Waals surface area contributed by atoms with Crippen LogP contribution in [0.5, 0.6) is 0 Å². The van der Waals surface area contributed by atoms with Gasteiger partial charge in [-0.15, -0.1) is 13.2 Å². The van der Waals surface area contributed by atoms with Crippen LogP contribution in [-0.4, -0.2) is 13.3 Å². The number of rotatable bonds is 1. The van der Waals surface area contributed by atoms with Gasteiger partial charge in [-0.25, -0.2) is 8.78 Å². The third kappa shape index (κ3) is 67.6. The van der Waals surface area contributed by atoms with E-state index in [2.05, 4.69) is 13.2 Å². The highest BCUT2D eigenvalue weighted by Crippen LogP contribution is 1.63. The van der Waals surface area contributed by atoms with E-state index >= 15 is 0 Å². The van der Waals surface area contributed by atoms with Crippen LogP contribution in [0.25, 0.3) is 0 Å². The van der Waals surface area contributed by atoms with Crippen molar-refractivity contribution in [2.45, 2.75) is 0 Å². The second kappa shape index (κ2) is 23.3. The molecule has 0 saturated heterocycles. The van der Waals surface area contributed by atoms with Gasteiger partial charge in [-0.1, -0.05) is 0 Å². The summed E-state index contributed by atoms with van der Waals surface area (Å²) in [7, 11) is 0. The molecule has 0 aromatic carbocycles. The van der Waals surface area contributed by atoms with Gasteiger partial charge in [0.2, 0.25) is 0 Å². The van der Waals surface area contributed by atoms with E-state index in [1.807, 2.05) is 0 Å². The first-order valence-corrected chi connectivity index (χ1v) is 1.53. The van der Waals surface area contributed by atoms with Crippen LogP contribution >= 0.6 is 0 Å². The van der Waals surface area contributed by atoms with Crippen LogP contribution in [0.15, 0.2) is 13.2 Å². The number of halogens is 2. The van der Waals surface area contributed by atoms with Crippen LogP contribution in [0.3, 0.4) is 0 Å². The van der Waals surface area contributed by atoms with Crippen LogP contribution in [-0.2, 0) is 0 Å². The van der Waals surface area contributed by atoms with Gasteiger partial charge in [0, 0.05) is 0 Å². The summed E-state index contributed by atoms with van der Waals surface area (Å²) in [5, 5.41) is 0. The quantitative estimate of drug-likeness (QED) is 0.434. The Labute approximate surface area is 36.5 Å². The Hall–Kier alpha value is -0.400. The van der Waals surface area contributed by atoms with Crippen LogP contribution in [0.4, 0.5) is 8.78 Å². The number of hydrogen-bond acceptors (Lipinski definition) is 0. The van der Waals surface area contributed by atoms with E-state index in [0.717, 1.165) is 0 Å². The van der Waals surface area contributed by atoms with Crippen molar-refractivity contribution in [3.05, 3.63) is 13.2 Å². The van der Waals surface area contributed by atoms with Crippen molar-refractivity contribution in [3.8, 4) is 0 Å². The average molecular weight is 94.1 g/mol. The van der Waals surface area contributed by atoms with Crippen LogP contribution in [0, 0.1) is 0 Å². The van der Waals surface area contributed by atoms with Gasteiger partial charge >= 0.3 is 0 Å². The van der Waals surface area contributed by atoms with Gasteiger partial charge in [-0.3, -0.25) is 0 Å². The zero-order chi connectivity index (χ0) is 5.41. The van der Waals surface area contributed by atoms with Gasteiger partial charge in [0.25, 0.3) is 0 Å². The summed E-state index contributed by atoms with van der Waals surface area (Å²) in [5.41, 5.74) is 0. The van der Waals surface area contributed by atoms with E-state index < -0.39 is 13.3 Å². The van der Waals surface area contributed by atoms with Gasteiger partial charge < -0.3 is 0 Å². The fourth-order valence-corrected chi connectivity index (χ4v) is 0. The lowest BCUT2D eigenvalue weighted by atomic mass is 10.9. The van der Waals surface area contributed by atoms with E-state index in [1.165, 1.54) is 0 Å². The molecule has 0 nitrogen and oxygen atoms in total. The summed E-state index contributed by atoms with van der Waals surface area (Å²) >= 11 is 0. The third-order valence-corrected chi connectivity index (χ3v) is 0.0714. The SMILES string of the molecule is C=C.FCCF. The Balaban J connectivity index is 0. The van der Waals surface area contributed by atoms with Crippen molar-refractivity contribution in [1.29, 1.82) is 0 Å². The van der Waals surface area contributed by atoms with Crippen LogP contribution in [0.1, 0.15) is 0 Å². The molecule has 0 aliphatic heterocycles. The highest BCUT2D eigenvalue weighted by atomic mass is 19.2. The Morgan fingerprint density at radius 3 is 1.17 bits per heavy atom. The molecular weight excluding hydrogens is 86.0 g/mol. The van der Waals surface area contributed by atoms with Gasteiger partial charge in [0.05, 0.1) is 0 Å². The molecule has 38 valence electrons. The molecule has 0 N–H and O–H groups in total. The second-order valence-electron chi connectivity index (χ2n) is 0.378. The van der Waals surface area contributed by atoms with Crippen molar-refractivity contribution in [1.82, 2.24) is 0 Å². The summed E-state index contributed by atoms with van der Waals surface area (Å²) in [6.07, 6.45) is 0. The van der Waals surface area contributed by atoms with E-state index in [-0.39, 0.29) is 0 Å². The molecule has 0 spiro atoms. The van der Waals surface area contributed by atoms with Gasteiger partial charge in [-0.2, -0.15) is 0 Å². The molecule has 0 bridgehead atoms. The maximum atomic E-state index is 10.3. The summed E-state index contributed by atoms with van der Waals surface area (Å²) in [5.74, 6) is 0. The minimum Gasteiger partial charge on any atom is -0.248 e. The number of hydrogen-bond donors (Lipinski definition) is 0. The summed E-state index contributed by atoms with van der Waals surface area (Å²) < 4.78 is 20.7. The molecule has 2 heteroatoms. The van der Waals surface area contributed by atoms with Crippen molar-refractivity contribution < 1.29 is 8.78 Å². The topological polar surface area (TPSA) is 0 Å². The summed E-state index contributed by atoms with van der Waals surface area (Å²) in [6, 6.07) is 0. The molecule has 0 aromatic heterocycles. The third-order valence-electron chi connectivity index (χ3n) is 0.0714. The maximum absolute atomic E-state index is 10.3. The molecule has 0 aliphatic carbocycles. The highest BCUT2D eigenvalue weighted by Gasteiger charge is 1.65. The van der Waals surface area contributed by atoms with Crippen LogP contribution < -0.4 is 0 Å². The zero-order valence-corrected chi connectivity index (χ0v) is 3.58. The normalized spacial score (nSPS) is 5.67. The molecule has 0 atom stereocenters. The predicted molar refractivity (Wildman–Crippen MR) is 23.2 cm³/mol. The Kier molecular flexibility index (Phi) is 35.5. The first kappa shape index (κ1) is 9.14. The molecule has 0 fully saturated rings. The smallest absolute Gasteiger partial charge is 0.118 e. The molecule has 0 aromatic rings. The summed E-state index contributed by atoms with van der Waals surface area (Å²) in [6.45, 7) is 4.31. The Bertz CT molecular complexity index is 13.0. The molecule has 6 heavy (non-hydrogen) atoms. The Morgan fingerprint density at radius 2 is 1.17 bits per heavy atom. The van der Waals surface area contributed by atoms with Crippen molar-refractivity contribution in [2.75, 3.05) is 13.3 Å². The van der Waals surface area contributed by atoms with Crippen molar-refractivity contribution in [2.24, 2.45) is 0 Å². The molecule has 0 saturated carbocycles. The first-order valence-electron chi connectivity index (χ1n) is 1.53. The molecule has 0 unspecified atom stereocenters. The molecule has 0 heterocycles. The molecule has 0 rings (SSSR count). The lowest BCUT2D eigenvalue weighted by Gasteiger charge is -1.61. The number of alkyl halides is 2. The first-order chi connectivity index (χ1) is 2.91. The minimum atomic E-state index is -0.847. The molecular formula is C4H8F2. The summed E-state index contributed by atoms with van der Waals surface area (Å²) in [4.78, 5) is 0. The zero-order valence-electron chi connectivity index (χ0n) is 3.58. The van der Waals surface area contributed by atoms with E-state index in [1.54, 1.807) is 0 Å². The van der Waals surface area contributed by atoms with Gasteiger partial charge in [0.15, 0.2) is 0 Å².